The van der Waals surface area contributed by atoms with E-state index in [0.29, 0.717) is 0 Å². The number of rotatable bonds is 0. The molecular weight excluding hydrogens is 254 g/mol. The van der Waals surface area contributed by atoms with Gasteiger partial charge in [0.1, 0.15) is 0 Å². The SMILES string of the molecule is [Al+3].[Cl-].[Cl-].[Cl-].[Cl-].[Rb+]. The summed E-state index contributed by atoms with van der Waals surface area (Å²) < 4.78 is 0. The van der Waals surface area contributed by atoms with Crippen molar-refractivity contribution in [1.29, 1.82) is 0 Å². The van der Waals surface area contributed by atoms with Crippen molar-refractivity contribution in [3.05, 3.63) is 0 Å². The van der Waals surface area contributed by atoms with Crippen LogP contribution in [0.25, 0.3) is 0 Å². The molecule has 0 aliphatic carbocycles. The normalized spacial score (nSPS) is 0. The maximum atomic E-state index is 0. The van der Waals surface area contributed by atoms with Crippen molar-refractivity contribution in [2.75, 3.05) is 0 Å². The summed E-state index contributed by atoms with van der Waals surface area (Å²) >= 11 is 0. The average molecular weight is 254 g/mol. The van der Waals surface area contributed by atoms with Crippen LogP contribution in [-0.2, 0) is 0 Å². The van der Waals surface area contributed by atoms with Gasteiger partial charge in [-0.3, -0.25) is 0 Å². The zero-order valence-electron chi connectivity index (χ0n) is 3.09. The molecule has 0 atom stereocenters. The first-order valence-electron chi connectivity index (χ1n) is 0. The van der Waals surface area contributed by atoms with Gasteiger partial charge in [0.05, 0.1) is 0 Å². The van der Waals surface area contributed by atoms with E-state index in [2.05, 4.69) is 0 Å². The van der Waals surface area contributed by atoms with Crippen molar-refractivity contribution in [1.82, 2.24) is 0 Å². The number of hydrogen-bond donors (Lipinski definition) is 0. The Balaban J connectivity index is 0. The molecule has 0 fully saturated rings. The van der Waals surface area contributed by atoms with Gasteiger partial charge >= 0.3 is 75.5 Å². The van der Waals surface area contributed by atoms with E-state index in [9.17, 15) is 0 Å². The summed E-state index contributed by atoms with van der Waals surface area (Å²) in [4.78, 5) is 0. The minimum absolute atomic E-state index is 0. The quantitative estimate of drug-likeness (QED) is 0.377. The Kier molecular flexibility index (Phi) is 365. The molecule has 0 aromatic rings. The van der Waals surface area contributed by atoms with Crippen LogP contribution in [0.4, 0.5) is 0 Å². The molecular formula is AlCl4Rb. The fourth-order valence-electron chi connectivity index (χ4n) is 0. The molecule has 0 aliphatic rings. The summed E-state index contributed by atoms with van der Waals surface area (Å²) in [5.74, 6) is 0. The molecule has 0 radical (unpaired) electrons. The molecule has 0 saturated heterocycles. The molecule has 0 rings (SSSR count). The molecule has 0 aliphatic heterocycles. The van der Waals surface area contributed by atoms with Crippen LogP contribution in [-0.4, -0.2) is 17.4 Å². The van der Waals surface area contributed by atoms with Gasteiger partial charge in [-0.25, -0.2) is 0 Å². The number of hydrogen-bond acceptors (Lipinski definition) is 0. The van der Waals surface area contributed by atoms with Crippen LogP contribution in [0.1, 0.15) is 0 Å². The topological polar surface area (TPSA) is 0 Å². The first-order chi connectivity index (χ1) is 0. The summed E-state index contributed by atoms with van der Waals surface area (Å²) in [7, 11) is 0. The average Bonchev–Trinajstić information content (AvgIpc) is 0. The first-order valence-corrected chi connectivity index (χ1v) is 0. The van der Waals surface area contributed by atoms with Gasteiger partial charge in [-0.15, -0.1) is 0 Å². The Bertz CT molecular complexity index is 7.51. The molecule has 0 spiro atoms. The Morgan fingerprint density at radius 1 is 0.500 bits per heavy atom. The molecule has 32 valence electrons. The van der Waals surface area contributed by atoms with Crippen LogP contribution in [0.15, 0.2) is 0 Å². The molecule has 0 amide bonds. The summed E-state index contributed by atoms with van der Waals surface area (Å²) in [6.45, 7) is 0. The maximum Gasteiger partial charge on any atom is 3.00 e. The molecule has 6 heavy (non-hydrogen) atoms. The van der Waals surface area contributed by atoms with E-state index < -0.39 is 0 Å². The van der Waals surface area contributed by atoms with Gasteiger partial charge in [-0.1, -0.05) is 0 Å². The van der Waals surface area contributed by atoms with Crippen molar-refractivity contribution in [2.45, 2.75) is 0 Å². The van der Waals surface area contributed by atoms with E-state index >= 15 is 0 Å². The van der Waals surface area contributed by atoms with E-state index in [1.807, 2.05) is 0 Å². The first kappa shape index (κ1) is 56.1. The second kappa shape index (κ2) is 39.0. The zero-order valence-corrected chi connectivity index (χ0v) is 12.2. The summed E-state index contributed by atoms with van der Waals surface area (Å²) in [5, 5.41) is 0. The standard InChI is InChI=1S/Al.4ClH.Rb/h;4*1H;/q+3;;;;;+1/p-4. The monoisotopic (exact) mass is 252 g/mol. The van der Waals surface area contributed by atoms with E-state index in [-0.39, 0.29) is 125 Å². The minimum Gasteiger partial charge on any atom is -1.00 e. The molecule has 0 aromatic heterocycles. The molecule has 6 heteroatoms. The maximum absolute atomic E-state index is 0. The van der Waals surface area contributed by atoms with Gasteiger partial charge in [-0.05, 0) is 0 Å². The van der Waals surface area contributed by atoms with E-state index in [4.69, 9.17) is 0 Å². The summed E-state index contributed by atoms with van der Waals surface area (Å²) in [6, 6.07) is 0. The van der Waals surface area contributed by atoms with Gasteiger partial charge in [0.15, 0.2) is 0 Å². The zero-order chi connectivity index (χ0) is 0. The molecule has 0 aromatic carbocycles. The Labute approximate surface area is 122 Å². The number of halogens is 4. The van der Waals surface area contributed by atoms with Crippen LogP contribution in [0.3, 0.4) is 0 Å². The third-order valence-corrected chi connectivity index (χ3v) is 0. The third-order valence-electron chi connectivity index (χ3n) is 0. The fraction of sp³-hybridized carbons (Fsp3) is 0. The van der Waals surface area contributed by atoms with E-state index in [1.165, 1.54) is 0 Å². The summed E-state index contributed by atoms with van der Waals surface area (Å²) in [5.41, 5.74) is 0. The molecule has 0 saturated carbocycles. The smallest absolute Gasteiger partial charge is 1.00 e. The van der Waals surface area contributed by atoms with Crippen LogP contribution >= 0.6 is 0 Å². The van der Waals surface area contributed by atoms with Gasteiger partial charge in [0, 0.05) is 0 Å². The summed E-state index contributed by atoms with van der Waals surface area (Å²) in [6.07, 6.45) is 0. The van der Waals surface area contributed by atoms with Gasteiger partial charge in [-0.2, -0.15) is 0 Å². The van der Waals surface area contributed by atoms with Crippen LogP contribution < -0.4 is 108 Å². The van der Waals surface area contributed by atoms with E-state index in [1.54, 1.807) is 0 Å². The van der Waals surface area contributed by atoms with Crippen LogP contribution in [0.2, 0.25) is 0 Å². The predicted molar refractivity (Wildman–Crippen MR) is 5.75 cm³/mol. The minimum atomic E-state index is 0. The molecule has 0 heterocycles. The molecule has 0 unspecified atom stereocenters. The molecule has 0 bridgehead atoms. The second-order valence-corrected chi connectivity index (χ2v) is 0. The predicted octanol–water partition coefficient (Wildman–Crippen LogP) is -15.4. The molecule has 0 nitrogen and oxygen atoms in total. The van der Waals surface area contributed by atoms with Crippen molar-refractivity contribution >= 4 is 17.4 Å². The van der Waals surface area contributed by atoms with Crippen molar-refractivity contribution in [3.8, 4) is 0 Å². The van der Waals surface area contributed by atoms with Crippen LogP contribution in [0.5, 0.6) is 0 Å². The van der Waals surface area contributed by atoms with Crippen molar-refractivity contribution < 1.29 is 108 Å². The molecule has 0 N–H and O–H groups in total. The Hall–Kier alpha value is 3.50. The largest absolute Gasteiger partial charge is 3.00 e. The Morgan fingerprint density at radius 2 is 0.500 bits per heavy atom. The van der Waals surface area contributed by atoms with Gasteiger partial charge in [0.2, 0.25) is 0 Å². The van der Waals surface area contributed by atoms with Crippen LogP contribution in [0, 0.1) is 0 Å². The van der Waals surface area contributed by atoms with Gasteiger partial charge in [0.25, 0.3) is 0 Å². The van der Waals surface area contributed by atoms with Gasteiger partial charge < -0.3 is 49.6 Å². The van der Waals surface area contributed by atoms with Crippen molar-refractivity contribution in [2.24, 2.45) is 0 Å². The third kappa shape index (κ3) is 25.9. The van der Waals surface area contributed by atoms with E-state index in [0.717, 1.165) is 0 Å². The second-order valence-electron chi connectivity index (χ2n) is 0. The van der Waals surface area contributed by atoms with Crippen molar-refractivity contribution in [3.63, 3.8) is 0 Å². The Morgan fingerprint density at radius 3 is 0.500 bits per heavy atom. The fourth-order valence-corrected chi connectivity index (χ4v) is 0.